The quantitative estimate of drug-likeness (QED) is 0.575. The third-order valence-corrected chi connectivity index (χ3v) is 6.61. The minimum Gasteiger partial charge on any atom is -0.322 e. The number of likely N-dealkylation sites (N-methyl/N-ethyl adjacent to an activating group) is 2. The molecule has 4 rings (SSSR count). The molecule has 2 heterocycles. The maximum absolute atomic E-state index is 2.48. The van der Waals surface area contributed by atoms with Gasteiger partial charge in [0.15, 0.2) is 5.71 Å². The van der Waals surface area contributed by atoms with Gasteiger partial charge < -0.3 is 4.48 Å². The van der Waals surface area contributed by atoms with Crippen LogP contribution in [0.3, 0.4) is 0 Å². The Hall–Kier alpha value is -1.93. The second-order valence-electron chi connectivity index (χ2n) is 8.63. The number of quaternary nitrogens is 1. The molecule has 0 radical (unpaired) electrons. The zero-order valence-electron chi connectivity index (χ0n) is 16.5. The van der Waals surface area contributed by atoms with Gasteiger partial charge in [0.2, 0.25) is 0 Å². The summed E-state index contributed by atoms with van der Waals surface area (Å²) < 4.78 is 3.61. The molecule has 0 amide bonds. The van der Waals surface area contributed by atoms with Crippen LogP contribution in [0.5, 0.6) is 0 Å². The molecule has 26 heavy (non-hydrogen) atoms. The molecular formula is C24H32N2+2. The summed E-state index contributed by atoms with van der Waals surface area (Å²) in [6, 6.07) is 18.7. The van der Waals surface area contributed by atoms with Crippen LogP contribution in [0.2, 0.25) is 0 Å². The van der Waals surface area contributed by atoms with Gasteiger partial charge in [0.05, 0.1) is 20.6 Å². The molecule has 0 saturated heterocycles. The Labute approximate surface area is 158 Å². The van der Waals surface area contributed by atoms with Crippen molar-refractivity contribution in [2.75, 3.05) is 34.2 Å². The SMILES string of the molecule is C[N+]1=C(CCCC2c3ccccc3CC[N+]2(C)C)c2ccccc2CC1. The predicted molar refractivity (Wildman–Crippen MR) is 109 cm³/mol. The number of nitrogens with zero attached hydrogens (tertiary/aromatic N) is 2. The van der Waals surface area contributed by atoms with Crippen LogP contribution in [-0.4, -0.2) is 49.0 Å². The van der Waals surface area contributed by atoms with Gasteiger partial charge in [-0.15, -0.1) is 0 Å². The van der Waals surface area contributed by atoms with Crippen LogP contribution in [0.25, 0.3) is 0 Å². The first-order valence-corrected chi connectivity index (χ1v) is 10.1. The molecule has 2 aliphatic rings. The van der Waals surface area contributed by atoms with E-state index in [1.54, 1.807) is 16.8 Å². The van der Waals surface area contributed by atoms with Gasteiger partial charge in [-0.25, -0.2) is 4.58 Å². The summed E-state index contributed by atoms with van der Waals surface area (Å²) in [6.07, 6.45) is 6.10. The van der Waals surface area contributed by atoms with Gasteiger partial charge in [-0.2, -0.15) is 0 Å². The van der Waals surface area contributed by atoms with Crippen molar-refractivity contribution in [2.45, 2.75) is 38.1 Å². The number of benzene rings is 2. The highest BCUT2D eigenvalue weighted by atomic mass is 15.3. The minimum absolute atomic E-state index is 0.629. The molecule has 2 aliphatic heterocycles. The molecular weight excluding hydrogens is 316 g/mol. The molecule has 0 aromatic heterocycles. The van der Waals surface area contributed by atoms with E-state index in [4.69, 9.17) is 0 Å². The van der Waals surface area contributed by atoms with Crippen LogP contribution >= 0.6 is 0 Å². The normalized spacial score (nSPS) is 21.3. The highest BCUT2D eigenvalue weighted by Gasteiger charge is 2.35. The topological polar surface area (TPSA) is 3.01 Å². The molecule has 2 heteroatoms. The van der Waals surface area contributed by atoms with Crippen LogP contribution in [0, 0.1) is 0 Å². The monoisotopic (exact) mass is 348 g/mol. The van der Waals surface area contributed by atoms with Gasteiger partial charge in [0.25, 0.3) is 0 Å². The van der Waals surface area contributed by atoms with E-state index in [0.717, 1.165) is 11.0 Å². The minimum atomic E-state index is 0.629. The van der Waals surface area contributed by atoms with Crippen molar-refractivity contribution in [1.82, 2.24) is 0 Å². The summed E-state index contributed by atoms with van der Waals surface area (Å²) in [5, 5.41) is 0. The predicted octanol–water partition coefficient (Wildman–Crippen LogP) is 4.22. The van der Waals surface area contributed by atoms with Crippen molar-refractivity contribution in [3.8, 4) is 0 Å². The Balaban J connectivity index is 1.51. The van der Waals surface area contributed by atoms with E-state index in [9.17, 15) is 0 Å². The maximum Gasteiger partial charge on any atom is 0.183 e. The van der Waals surface area contributed by atoms with Crippen LogP contribution in [-0.2, 0) is 12.8 Å². The van der Waals surface area contributed by atoms with Gasteiger partial charge in [-0.3, -0.25) is 0 Å². The van der Waals surface area contributed by atoms with Crippen molar-refractivity contribution < 1.29 is 9.06 Å². The van der Waals surface area contributed by atoms with Crippen molar-refractivity contribution in [1.29, 1.82) is 0 Å². The van der Waals surface area contributed by atoms with Crippen molar-refractivity contribution >= 4 is 5.71 Å². The average molecular weight is 349 g/mol. The summed E-state index contributed by atoms with van der Waals surface area (Å²) in [6.45, 7) is 2.40. The Bertz CT molecular complexity index is 832. The van der Waals surface area contributed by atoms with Crippen molar-refractivity contribution in [3.63, 3.8) is 0 Å². The Morgan fingerprint density at radius 2 is 1.69 bits per heavy atom. The average Bonchev–Trinajstić information content (AvgIpc) is 2.65. The molecule has 2 aromatic carbocycles. The van der Waals surface area contributed by atoms with Gasteiger partial charge in [-0.1, -0.05) is 42.5 Å². The summed E-state index contributed by atoms with van der Waals surface area (Å²) in [5.74, 6) is 0. The van der Waals surface area contributed by atoms with Crippen LogP contribution in [0.15, 0.2) is 48.5 Å². The third kappa shape index (κ3) is 3.23. The summed E-state index contributed by atoms with van der Waals surface area (Å²) in [5.41, 5.74) is 7.72. The van der Waals surface area contributed by atoms with Crippen LogP contribution in [0.4, 0.5) is 0 Å². The molecule has 2 aromatic rings. The summed E-state index contributed by atoms with van der Waals surface area (Å²) >= 11 is 0. The van der Waals surface area contributed by atoms with E-state index in [1.165, 1.54) is 49.8 Å². The van der Waals surface area contributed by atoms with Crippen molar-refractivity contribution in [2.24, 2.45) is 0 Å². The first-order chi connectivity index (χ1) is 12.6. The first-order valence-electron chi connectivity index (χ1n) is 10.1. The van der Waals surface area contributed by atoms with Crippen molar-refractivity contribution in [3.05, 3.63) is 70.8 Å². The van der Waals surface area contributed by atoms with E-state index in [2.05, 4.69) is 74.2 Å². The van der Waals surface area contributed by atoms with Gasteiger partial charge in [0, 0.05) is 36.8 Å². The second-order valence-corrected chi connectivity index (χ2v) is 8.63. The zero-order valence-corrected chi connectivity index (χ0v) is 16.5. The molecule has 1 atom stereocenters. The molecule has 0 spiro atoms. The van der Waals surface area contributed by atoms with E-state index in [-0.39, 0.29) is 0 Å². The number of fused-ring (bicyclic) bond motifs is 2. The van der Waals surface area contributed by atoms with Crippen LogP contribution < -0.4 is 0 Å². The Kier molecular flexibility index (Phi) is 4.71. The summed E-state index contributed by atoms with van der Waals surface area (Å²) in [7, 11) is 7.09. The lowest BCUT2D eigenvalue weighted by molar-refractivity contribution is -0.923. The highest BCUT2D eigenvalue weighted by molar-refractivity contribution is 5.98. The van der Waals surface area contributed by atoms with Crippen LogP contribution in [0.1, 0.15) is 47.6 Å². The Morgan fingerprint density at radius 1 is 0.962 bits per heavy atom. The first kappa shape index (κ1) is 17.5. The number of hydrogen-bond acceptors (Lipinski definition) is 0. The van der Waals surface area contributed by atoms with Gasteiger partial charge in [0.1, 0.15) is 19.6 Å². The number of hydrogen-bond donors (Lipinski definition) is 0. The molecule has 0 saturated carbocycles. The molecule has 1 unspecified atom stereocenters. The lowest BCUT2D eigenvalue weighted by Crippen LogP contribution is -2.47. The smallest absolute Gasteiger partial charge is 0.183 e. The molecule has 0 bridgehead atoms. The highest BCUT2D eigenvalue weighted by Crippen LogP contribution is 2.37. The lowest BCUT2D eigenvalue weighted by atomic mass is 9.87. The Morgan fingerprint density at radius 3 is 2.54 bits per heavy atom. The standard InChI is InChI=1S/C24H32N2/c1-25-17-15-19-9-4-6-11-21(19)23(25)13-8-14-24-22-12-7-5-10-20(22)16-18-26(24,2)3/h4-7,9-12,24H,8,13-18H2,1-3H3/q+2. The van der Waals surface area contributed by atoms with E-state index >= 15 is 0 Å². The third-order valence-electron chi connectivity index (χ3n) is 6.61. The molecule has 2 nitrogen and oxygen atoms in total. The van der Waals surface area contributed by atoms with Gasteiger partial charge >= 0.3 is 0 Å². The van der Waals surface area contributed by atoms with E-state index in [1.807, 2.05) is 0 Å². The lowest BCUT2D eigenvalue weighted by Gasteiger charge is -2.43. The van der Waals surface area contributed by atoms with E-state index < -0.39 is 0 Å². The maximum atomic E-state index is 2.48. The molecule has 0 fully saturated rings. The second kappa shape index (κ2) is 7.00. The van der Waals surface area contributed by atoms with Gasteiger partial charge in [-0.05, 0) is 23.6 Å². The number of rotatable bonds is 4. The molecule has 136 valence electrons. The zero-order chi connectivity index (χ0) is 18.1. The van der Waals surface area contributed by atoms with E-state index in [0.29, 0.717) is 6.04 Å². The fourth-order valence-corrected chi connectivity index (χ4v) is 4.97. The summed E-state index contributed by atoms with van der Waals surface area (Å²) in [4.78, 5) is 0. The largest absolute Gasteiger partial charge is 0.322 e. The fraction of sp³-hybridized carbons (Fsp3) is 0.458. The fourth-order valence-electron chi connectivity index (χ4n) is 4.97. The molecule has 0 N–H and O–H groups in total. The molecule has 0 aliphatic carbocycles.